The van der Waals surface area contributed by atoms with E-state index in [4.69, 9.17) is 16.2 Å². The zero-order valence-electron chi connectivity index (χ0n) is 13.9. The number of carbonyl (C=O) groups is 1. The van der Waals surface area contributed by atoms with E-state index < -0.39 is 21.5 Å². The number of hydrogen-bond acceptors (Lipinski definition) is 5. The first kappa shape index (κ1) is 18.7. The fraction of sp³-hybridized carbons (Fsp3) is 0.562. The van der Waals surface area contributed by atoms with Crippen LogP contribution in [0.4, 0.5) is 0 Å². The average molecular weight is 355 g/mol. The Morgan fingerprint density at radius 3 is 2.42 bits per heavy atom. The number of benzene rings is 1. The molecule has 8 heteroatoms. The minimum absolute atomic E-state index is 0.0253. The monoisotopic (exact) mass is 355 g/mol. The van der Waals surface area contributed by atoms with E-state index in [1.165, 1.54) is 25.3 Å². The minimum atomic E-state index is -3.78. The van der Waals surface area contributed by atoms with E-state index in [1.807, 2.05) is 0 Å². The molecule has 1 aromatic rings. The highest BCUT2D eigenvalue weighted by Crippen LogP contribution is 2.26. The summed E-state index contributed by atoms with van der Waals surface area (Å²) in [6.07, 6.45) is 5.87. The first-order chi connectivity index (χ1) is 11.3. The maximum Gasteiger partial charge on any atom is 0.252 e. The highest BCUT2D eigenvalue weighted by Gasteiger charge is 2.28. The number of nitrogens with one attached hydrogen (secondary N) is 1. The maximum atomic E-state index is 12.5. The van der Waals surface area contributed by atoms with Crippen molar-refractivity contribution in [3.05, 3.63) is 23.8 Å². The molecule has 0 atom stereocenters. The summed E-state index contributed by atoms with van der Waals surface area (Å²) in [5, 5.41) is 0. The summed E-state index contributed by atoms with van der Waals surface area (Å²) in [6, 6.07) is 4.02. The molecule has 1 aliphatic carbocycles. The zero-order valence-corrected chi connectivity index (χ0v) is 14.7. The van der Waals surface area contributed by atoms with E-state index >= 15 is 0 Å². The van der Waals surface area contributed by atoms with Crippen molar-refractivity contribution in [3.8, 4) is 5.75 Å². The summed E-state index contributed by atoms with van der Waals surface area (Å²) in [4.78, 5) is 11.4. The molecule has 1 saturated carbocycles. The number of primary amides is 1. The molecule has 0 spiro atoms. The van der Waals surface area contributed by atoms with Crippen molar-refractivity contribution in [1.29, 1.82) is 0 Å². The van der Waals surface area contributed by atoms with Gasteiger partial charge in [0.1, 0.15) is 5.75 Å². The van der Waals surface area contributed by atoms with Gasteiger partial charge in [0.05, 0.1) is 17.6 Å². The summed E-state index contributed by atoms with van der Waals surface area (Å²) in [7, 11) is -2.40. The predicted octanol–water partition coefficient (Wildman–Crippen LogP) is 1.12. The number of hydrogen-bond donors (Lipinski definition) is 3. The summed E-state index contributed by atoms with van der Waals surface area (Å²) in [5.41, 5.74) is 11.1. The number of sulfonamides is 1. The Labute approximate surface area is 142 Å². The van der Waals surface area contributed by atoms with Gasteiger partial charge in [-0.05, 0) is 31.0 Å². The third-order valence-electron chi connectivity index (χ3n) is 4.46. The van der Waals surface area contributed by atoms with Crippen LogP contribution in [-0.2, 0) is 10.0 Å². The molecule has 0 saturated heterocycles. The van der Waals surface area contributed by atoms with Gasteiger partial charge in [-0.25, -0.2) is 13.1 Å². The van der Waals surface area contributed by atoms with Gasteiger partial charge in [-0.3, -0.25) is 4.79 Å². The van der Waals surface area contributed by atoms with Crippen LogP contribution in [0.5, 0.6) is 5.75 Å². The van der Waals surface area contributed by atoms with Gasteiger partial charge in [-0.1, -0.05) is 25.7 Å². The van der Waals surface area contributed by atoms with Crippen LogP contribution in [0.25, 0.3) is 0 Å². The molecule has 1 aliphatic rings. The van der Waals surface area contributed by atoms with Gasteiger partial charge in [0, 0.05) is 12.1 Å². The topological polar surface area (TPSA) is 125 Å². The standard InChI is InChI=1S/C16H25N3O4S/c1-23-14-7-6-12(10-13(14)15(17)20)24(21,22)19-11-16(18)8-4-2-3-5-9-16/h6-7,10,19H,2-5,8-9,11,18H2,1H3,(H2,17,20). The molecule has 134 valence electrons. The van der Waals surface area contributed by atoms with Crippen molar-refractivity contribution in [3.63, 3.8) is 0 Å². The third kappa shape index (κ3) is 4.46. The van der Waals surface area contributed by atoms with Crippen molar-refractivity contribution in [2.75, 3.05) is 13.7 Å². The van der Waals surface area contributed by atoms with Crippen molar-refractivity contribution >= 4 is 15.9 Å². The number of nitrogens with two attached hydrogens (primary N) is 2. The Morgan fingerprint density at radius 2 is 1.88 bits per heavy atom. The first-order valence-electron chi connectivity index (χ1n) is 8.04. The maximum absolute atomic E-state index is 12.5. The largest absolute Gasteiger partial charge is 0.496 e. The second kappa shape index (κ2) is 7.50. The molecule has 1 fully saturated rings. The minimum Gasteiger partial charge on any atom is -0.496 e. The molecule has 0 aromatic heterocycles. The quantitative estimate of drug-likeness (QED) is 0.660. The number of amides is 1. The van der Waals surface area contributed by atoms with Crippen LogP contribution in [0, 0.1) is 0 Å². The molecule has 7 nitrogen and oxygen atoms in total. The summed E-state index contributed by atoms with van der Waals surface area (Å²) >= 11 is 0. The van der Waals surface area contributed by atoms with Gasteiger partial charge in [0.25, 0.3) is 5.91 Å². The Bertz CT molecular complexity index is 695. The van der Waals surface area contributed by atoms with E-state index in [0.29, 0.717) is 0 Å². The van der Waals surface area contributed by atoms with Crippen molar-refractivity contribution in [2.45, 2.75) is 49.0 Å². The molecule has 24 heavy (non-hydrogen) atoms. The third-order valence-corrected chi connectivity index (χ3v) is 5.86. The van der Waals surface area contributed by atoms with Gasteiger partial charge in [-0.2, -0.15) is 0 Å². The van der Waals surface area contributed by atoms with Gasteiger partial charge < -0.3 is 16.2 Å². The van der Waals surface area contributed by atoms with Crippen LogP contribution in [0.1, 0.15) is 48.9 Å². The number of carbonyl (C=O) groups excluding carboxylic acids is 1. The number of methoxy groups -OCH3 is 1. The van der Waals surface area contributed by atoms with Crippen LogP contribution >= 0.6 is 0 Å². The van der Waals surface area contributed by atoms with Crippen LogP contribution in [0.15, 0.2) is 23.1 Å². The zero-order chi connectivity index (χ0) is 17.8. The van der Waals surface area contributed by atoms with E-state index in [-0.39, 0.29) is 22.8 Å². The van der Waals surface area contributed by atoms with Crippen molar-refractivity contribution in [1.82, 2.24) is 4.72 Å². The second-order valence-electron chi connectivity index (χ2n) is 6.33. The predicted molar refractivity (Wildman–Crippen MR) is 91.3 cm³/mol. The fourth-order valence-electron chi connectivity index (χ4n) is 2.98. The van der Waals surface area contributed by atoms with Crippen molar-refractivity contribution in [2.24, 2.45) is 11.5 Å². The molecule has 0 bridgehead atoms. The molecule has 0 radical (unpaired) electrons. The van der Waals surface area contributed by atoms with E-state index in [1.54, 1.807) is 0 Å². The average Bonchev–Trinajstić information content (AvgIpc) is 2.77. The molecule has 0 heterocycles. The Morgan fingerprint density at radius 1 is 1.25 bits per heavy atom. The van der Waals surface area contributed by atoms with Gasteiger partial charge in [-0.15, -0.1) is 0 Å². The van der Waals surface area contributed by atoms with Gasteiger partial charge >= 0.3 is 0 Å². The Kier molecular flexibility index (Phi) is 5.84. The molecule has 5 N–H and O–H groups in total. The summed E-state index contributed by atoms with van der Waals surface area (Å²) in [6.45, 7) is 0.174. The Balaban J connectivity index is 2.18. The molecule has 1 amide bonds. The molecule has 0 unspecified atom stereocenters. The van der Waals surface area contributed by atoms with E-state index in [9.17, 15) is 13.2 Å². The fourth-order valence-corrected chi connectivity index (χ4v) is 4.14. The summed E-state index contributed by atoms with van der Waals surface area (Å²) in [5.74, 6) is -0.511. The van der Waals surface area contributed by atoms with Crippen LogP contribution in [-0.4, -0.2) is 33.5 Å². The smallest absolute Gasteiger partial charge is 0.252 e. The summed E-state index contributed by atoms with van der Waals surface area (Å²) < 4.78 is 32.6. The normalized spacial score (nSPS) is 17.9. The van der Waals surface area contributed by atoms with Gasteiger partial charge in [0.2, 0.25) is 10.0 Å². The second-order valence-corrected chi connectivity index (χ2v) is 8.09. The molecule has 2 rings (SSSR count). The van der Waals surface area contributed by atoms with E-state index in [2.05, 4.69) is 4.72 Å². The van der Waals surface area contributed by atoms with Crippen LogP contribution in [0.3, 0.4) is 0 Å². The molecule has 1 aromatic carbocycles. The van der Waals surface area contributed by atoms with E-state index in [0.717, 1.165) is 38.5 Å². The lowest BCUT2D eigenvalue weighted by molar-refractivity contribution is 0.0997. The van der Waals surface area contributed by atoms with Crippen LogP contribution in [0.2, 0.25) is 0 Å². The SMILES string of the molecule is COc1ccc(S(=O)(=O)NCC2(N)CCCCCC2)cc1C(N)=O. The highest BCUT2D eigenvalue weighted by molar-refractivity contribution is 7.89. The lowest BCUT2D eigenvalue weighted by Gasteiger charge is -2.28. The Hall–Kier alpha value is -1.64. The molecular formula is C16H25N3O4S. The molecule has 0 aliphatic heterocycles. The number of ether oxygens (including phenoxy) is 1. The van der Waals surface area contributed by atoms with Crippen LogP contribution < -0.4 is 20.9 Å². The van der Waals surface area contributed by atoms with Crippen molar-refractivity contribution < 1.29 is 17.9 Å². The lowest BCUT2D eigenvalue weighted by Crippen LogP contribution is -2.49. The highest BCUT2D eigenvalue weighted by atomic mass is 32.2. The molecular weight excluding hydrogens is 330 g/mol. The number of rotatable bonds is 6. The first-order valence-corrected chi connectivity index (χ1v) is 9.52. The van der Waals surface area contributed by atoms with Gasteiger partial charge in [0.15, 0.2) is 0 Å². The lowest BCUT2D eigenvalue weighted by atomic mass is 9.92.